The molecule has 0 aromatic carbocycles. The quantitative estimate of drug-likeness (QED) is 0.850. The summed E-state index contributed by atoms with van der Waals surface area (Å²) in [4.78, 5) is 13.1. The number of aliphatic hydroxyl groups excluding tert-OH is 1. The first-order chi connectivity index (χ1) is 12.2. The molecule has 8 heteroatoms. The van der Waals surface area contributed by atoms with Gasteiger partial charge in [-0.2, -0.15) is 13.2 Å². The zero-order valence-electron chi connectivity index (χ0n) is 14.8. The van der Waals surface area contributed by atoms with Gasteiger partial charge in [0.2, 0.25) is 5.95 Å². The molecule has 1 aliphatic rings. The van der Waals surface area contributed by atoms with Gasteiger partial charge in [-0.3, -0.25) is 4.98 Å². The first-order valence-corrected chi connectivity index (χ1v) is 8.86. The van der Waals surface area contributed by atoms with Crippen molar-refractivity contribution in [3.05, 3.63) is 23.7 Å². The molecular formula is C18H23F3N4O. The Morgan fingerprint density at radius 1 is 1.19 bits per heavy atom. The second-order valence-electron chi connectivity index (χ2n) is 7.12. The van der Waals surface area contributed by atoms with Gasteiger partial charge in [-0.25, -0.2) is 9.97 Å². The van der Waals surface area contributed by atoms with Gasteiger partial charge < -0.3 is 10.4 Å². The van der Waals surface area contributed by atoms with Gasteiger partial charge in [-0.1, -0.05) is 0 Å². The van der Waals surface area contributed by atoms with Crippen LogP contribution in [0.2, 0.25) is 0 Å². The molecule has 142 valence electrons. The Bertz CT molecular complexity index is 773. The van der Waals surface area contributed by atoms with Gasteiger partial charge in [0, 0.05) is 35.1 Å². The Morgan fingerprint density at radius 2 is 1.88 bits per heavy atom. The van der Waals surface area contributed by atoms with Gasteiger partial charge in [0.05, 0.1) is 18.0 Å². The van der Waals surface area contributed by atoms with Crippen LogP contribution in [0.5, 0.6) is 0 Å². The first kappa shape index (κ1) is 18.8. The van der Waals surface area contributed by atoms with Crippen LogP contribution in [0.1, 0.15) is 56.2 Å². The van der Waals surface area contributed by atoms with Crippen LogP contribution in [0.4, 0.5) is 19.1 Å². The first-order valence-electron chi connectivity index (χ1n) is 8.86. The minimum atomic E-state index is -4.24. The van der Waals surface area contributed by atoms with Crippen LogP contribution in [0.25, 0.3) is 10.9 Å². The van der Waals surface area contributed by atoms with Crippen LogP contribution in [0.15, 0.2) is 12.4 Å². The van der Waals surface area contributed by atoms with Crippen molar-refractivity contribution >= 4 is 16.9 Å². The van der Waals surface area contributed by atoms with Gasteiger partial charge in [0.15, 0.2) is 0 Å². The van der Waals surface area contributed by atoms with Crippen LogP contribution in [0, 0.1) is 6.92 Å². The van der Waals surface area contributed by atoms with E-state index in [-0.39, 0.29) is 18.0 Å². The number of rotatable bonds is 4. The molecule has 2 heterocycles. The van der Waals surface area contributed by atoms with Crippen molar-refractivity contribution < 1.29 is 18.3 Å². The molecule has 2 N–H and O–H groups in total. The van der Waals surface area contributed by atoms with E-state index >= 15 is 0 Å². The van der Waals surface area contributed by atoms with Gasteiger partial charge in [0.1, 0.15) is 0 Å². The van der Waals surface area contributed by atoms with E-state index in [0.29, 0.717) is 0 Å². The molecule has 0 unspecified atom stereocenters. The predicted octanol–water partition coefficient (Wildman–Crippen LogP) is 4.10. The Kier molecular flexibility index (Phi) is 5.32. The lowest BCUT2D eigenvalue weighted by molar-refractivity contribution is -0.136. The minimum absolute atomic E-state index is 0.192. The Labute approximate surface area is 150 Å². The molecule has 0 aliphatic heterocycles. The summed E-state index contributed by atoms with van der Waals surface area (Å²) in [6, 6.07) is -0.816. The van der Waals surface area contributed by atoms with Crippen molar-refractivity contribution in [3.63, 3.8) is 0 Å². The van der Waals surface area contributed by atoms with Crippen molar-refractivity contribution in [1.82, 2.24) is 15.0 Å². The number of fused-ring (bicyclic) bond motifs is 1. The van der Waals surface area contributed by atoms with E-state index in [1.807, 2.05) is 6.92 Å². The van der Waals surface area contributed by atoms with Gasteiger partial charge in [0.25, 0.3) is 0 Å². The summed E-state index contributed by atoms with van der Waals surface area (Å²) in [5.74, 6) is 0.432. The normalized spacial score (nSPS) is 22.4. The van der Waals surface area contributed by atoms with E-state index in [0.717, 1.165) is 47.8 Å². The number of hydrogen-bond donors (Lipinski definition) is 2. The summed E-state index contributed by atoms with van der Waals surface area (Å²) in [6.07, 6.45) is 1.14. The highest BCUT2D eigenvalue weighted by atomic mass is 19.4. The molecule has 2 aromatic rings. The summed E-state index contributed by atoms with van der Waals surface area (Å²) in [7, 11) is 0. The number of aromatic nitrogens is 3. The van der Waals surface area contributed by atoms with E-state index in [1.165, 1.54) is 6.92 Å². The third-order valence-electron chi connectivity index (χ3n) is 4.90. The summed E-state index contributed by atoms with van der Waals surface area (Å²) in [5.41, 5.74) is 2.50. The van der Waals surface area contributed by atoms with Crippen LogP contribution in [-0.2, 0) is 0 Å². The van der Waals surface area contributed by atoms with Gasteiger partial charge >= 0.3 is 6.18 Å². The molecule has 26 heavy (non-hydrogen) atoms. The number of alkyl halides is 3. The van der Waals surface area contributed by atoms with Crippen molar-refractivity contribution in [2.75, 3.05) is 5.32 Å². The van der Waals surface area contributed by atoms with Crippen LogP contribution in [-0.4, -0.2) is 38.4 Å². The number of halogens is 3. The van der Waals surface area contributed by atoms with Crippen LogP contribution >= 0.6 is 0 Å². The average Bonchev–Trinajstić information content (AvgIpc) is 2.54. The Morgan fingerprint density at radius 3 is 2.54 bits per heavy atom. The number of anilines is 1. The fourth-order valence-corrected chi connectivity index (χ4v) is 3.54. The molecular weight excluding hydrogens is 345 g/mol. The fourth-order valence-electron chi connectivity index (χ4n) is 3.54. The monoisotopic (exact) mass is 368 g/mol. The number of aryl methyl sites for hydroxylation is 1. The smallest absolute Gasteiger partial charge is 0.391 e. The third kappa shape index (κ3) is 4.41. The van der Waals surface area contributed by atoms with Crippen molar-refractivity contribution in [2.45, 2.75) is 70.2 Å². The molecule has 1 saturated carbocycles. The SMILES string of the molecule is Cc1ncc([C@H]2CC[C@H](O)CC2)c2nc(N[C@@H](C)CC(F)(F)F)ncc12. The lowest BCUT2D eigenvalue weighted by Gasteiger charge is -2.26. The second-order valence-corrected chi connectivity index (χ2v) is 7.12. The van der Waals surface area contributed by atoms with E-state index in [9.17, 15) is 18.3 Å². The highest BCUT2D eigenvalue weighted by molar-refractivity contribution is 5.84. The number of pyridine rings is 1. The van der Waals surface area contributed by atoms with Crippen LogP contribution < -0.4 is 5.32 Å². The zero-order valence-corrected chi connectivity index (χ0v) is 14.8. The number of nitrogens with zero attached hydrogens (tertiary/aromatic N) is 3. The van der Waals surface area contributed by atoms with E-state index < -0.39 is 18.6 Å². The summed E-state index contributed by atoms with van der Waals surface area (Å²) in [5, 5.41) is 13.3. The number of nitrogens with one attached hydrogen (secondary N) is 1. The lowest BCUT2D eigenvalue weighted by atomic mass is 9.82. The maximum Gasteiger partial charge on any atom is 0.391 e. The minimum Gasteiger partial charge on any atom is -0.393 e. The second kappa shape index (κ2) is 7.34. The molecule has 3 rings (SSSR count). The highest BCUT2D eigenvalue weighted by Gasteiger charge is 2.30. The highest BCUT2D eigenvalue weighted by Crippen LogP contribution is 2.36. The molecule has 0 amide bonds. The number of hydrogen-bond acceptors (Lipinski definition) is 5. The molecule has 1 aliphatic carbocycles. The summed E-state index contributed by atoms with van der Waals surface area (Å²) in [6.45, 7) is 3.32. The zero-order chi connectivity index (χ0) is 18.9. The van der Waals surface area contributed by atoms with Gasteiger partial charge in [-0.05, 0) is 45.4 Å². The third-order valence-corrected chi connectivity index (χ3v) is 4.90. The van der Waals surface area contributed by atoms with Gasteiger partial charge in [-0.15, -0.1) is 0 Å². The molecule has 5 nitrogen and oxygen atoms in total. The predicted molar refractivity (Wildman–Crippen MR) is 93.0 cm³/mol. The largest absolute Gasteiger partial charge is 0.393 e. The molecule has 2 aromatic heterocycles. The topological polar surface area (TPSA) is 70.9 Å². The summed E-state index contributed by atoms with van der Waals surface area (Å²) >= 11 is 0. The van der Waals surface area contributed by atoms with Crippen molar-refractivity contribution in [3.8, 4) is 0 Å². The maximum atomic E-state index is 12.5. The molecule has 0 bridgehead atoms. The van der Waals surface area contributed by atoms with Crippen LogP contribution in [0.3, 0.4) is 0 Å². The summed E-state index contributed by atoms with van der Waals surface area (Å²) < 4.78 is 37.6. The molecule has 0 spiro atoms. The molecule has 1 atom stereocenters. The molecule has 0 saturated heterocycles. The van der Waals surface area contributed by atoms with Crippen molar-refractivity contribution in [1.29, 1.82) is 0 Å². The Balaban J connectivity index is 1.90. The standard InChI is InChI=1S/C18H23F3N4O/c1-10(7-18(19,20)21)24-17-23-8-14-11(2)22-9-15(16(14)25-17)12-3-5-13(26)6-4-12/h8-10,12-13,26H,3-7H2,1-2H3,(H,23,24,25)/t10-,12-,13-/m0/s1. The van der Waals surface area contributed by atoms with E-state index in [2.05, 4.69) is 20.3 Å². The number of aliphatic hydroxyl groups is 1. The average molecular weight is 368 g/mol. The maximum absolute atomic E-state index is 12.5. The molecule has 0 radical (unpaired) electrons. The fraction of sp³-hybridized carbons (Fsp3) is 0.611. The lowest BCUT2D eigenvalue weighted by Crippen LogP contribution is -2.25. The van der Waals surface area contributed by atoms with E-state index in [1.54, 1.807) is 12.4 Å². The Hall–Kier alpha value is -1.96. The van der Waals surface area contributed by atoms with E-state index in [4.69, 9.17) is 0 Å². The molecule has 1 fully saturated rings. The van der Waals surface area contributed by atoms with Crippen molar-refractivity contribution in [2.24, 2.45) is 0 Å².